The first-order valence-electron chi connectivity index (χ1n) is 9.10. The molecule has 1 heterocycles. The summed E-state index contributed by atoms with van der Waals surface area (Å²) < 4.78 is 0. The number of benzene rings is 2. The van der Waals surface area contributed by atoms with E-state index in [9.17, 15) is 14.7 Å². The molecule has 2 aromatic rings. The van der Waals surface area contributed by atoms with Crippen LogP contribution < -0.4 is 18.9 Å². The zero-order valence-corrected chi connectivity index (χ0v) is 18.6. The van der Waals surface area contributed by atoms with Crippen molar-refractivity contribution >= 4 is 46.8 Å². The third kappa shape index (κ3) is 7.30. The van der Waals surface area contributed by atoms with Gasteiger partial charge in [-0.2, -0.15) is 12.5 Å². The van der Waals surface area contributed by atoms with E-state index in [1.807, 2.05) is 30.3 Å². The smallest absolute Gasteiger partial charge is 0.446 e. The summed E-state index contributed by atoms with van der Waals surface area (Å²) in [4.78, 5) is 29.8. The molecule has 30 heavy (non-hydrogen) atoms. The Balaban J connectivity index is 0.00000146. The van der Waals surface area contributed by atoms with Gasteiger partial charge in [-0.25, -0.2) is 11.8 Å². The van der Waals surface area contributed by atoms with Gasteiger partial charge in [0, 0.05) is 13.1 Å². The quantitative estimate of drug-likeness (QED) is 0.320. The molecule has 1 saturated heterocycles. The number of rotatable bonds is 6. The molecule has 5 nitrogen and oxygen atoms in total. The molecule has 1 aliphatic rings. The van der Waals surface area contributed by atoms with Gasteiger partial charge < -0.3 is 26.7 Å². The molecule has 0 aromatic heterocycles. The molecule has 0 saturated carbocycles. The SMILES string of the molecule is O=[C-]c1cc(Cl)ccc1N=[C-]SC(C(=O)N1CC[C@H](O)C1)c1ccccc1.[CH2-]C.[Li+]. The normalized spacial score (nSPS) is 16.4. The minimum absolute atomic E-state index is 0. The van der Waals surface area contributed by atoms with Crippen molar-refractivity contribution in [3.8, 4) is 0 Å². The number of hydrogen-bond donors (Lipinski definition) is 1. The Labute approximate surface area is 199 Å². The average molecular weight is 437 g/mol. The van der Waals surface area contributed by atoms with Crippen LogP contribution in [0.4, 0.5) is 5.69 Å². The first kappa shape index (κ1) is 26.5. The number of amides is 1. The van der Waals surface area contributed by atoms with Crippen LogP contribution in [0.3, 0.4) is 0 Å². The Morgan fingerprint density at radius 1 is 1.30 bits per heavy atom. The Bertz CT molecular complexity index is 852. The molecule has 0 spiro atoms. The number of β-amino-alcohol motifs (C(OH)–C–C–N with tert-alkyl or cyclic N) is 1. The molecule has 0 radical (unpaired) electrons. The van der Waals surface area contributed by atoms with Crippen LogP contribution in [0.5, 0.6) is 0 Å². The molecule has 1 fully saturated rings. The third-order valence-electron chi connectivity index (χ3n) is 4.21. The summed E-state index contributed by atoms with van der Waals surface area (Å²) in [6.07, 6.45) is 1.90. The minimum atomic E-state index is -0.531. The standard InChI is InChI=1S/C20H17ClN2O3S.C2H5.Li/c21-16-6-7-18(15(10-16)12-24)22-13-27-19(14-4-2-1-3-5-14)20(26)23-9-8-17(25)11-23;1-2;/h1-7,10,17,19,25H,8-9,11H2;1H2,2H3;/q-2;-1;+1/t17-,19?;;/m0../s1. The topological polar surface area (TPSA) is 70.0 Å². The van der Waals surface area contributed by atoms with Gasteiger partial charge in [-0.1, -0.05) is 48.0 Å². The van der Waals surface area contributed by atoms with Crippen LogP contribution in [-0.4, -0.2) is 46.9 Å². The molecule has 1 aliphatic heterocycles. The van der Waals surface area contributed by atoms with Crippen molar-refractivity contribution in [2.45, 2.75) is 24.7 Å². The second kappa shape index (κ2) is 13.7. The van der Waals surface area contributed by atoms with Crippen LogP contribution in [-0.2, 0) is 9.59 Å². The van der Waals surface area contributed by atoms with Crippen LogP contribution in [0.25, 0.3) is 0 Å². The van der Waals surface area contributed by atoms with Gasteiger partial charge in [-0.15, -0.1) is 23.4 Å². The number of halogens is 1. The fraction of sp³-hybridized carbons (Fsp3) is 0.273. The van der Waals surface area contributed by atoms with Crippen molar-refractivity contribution in [2.24, 2.45) is 4.99 Å². The third-order valence-corrected chi connectivity index (χ3v) is 5.35. The van der Waals surface area contributed by atoms with E-state index in [4.69, 9.17) is 11.6 Å². The number of aliphatic hydroxyl groups is 1. The number of thioether (sulfide) groups is 1. The molecule has 2 atom stereocenters. The molecule has 1 amide bonds. The first-order chi connectivity index (χ1) is 14.1. The summed E-state index contributed by atoms with van der Waals surface area (Å²) in [7, 11) is 0. The van der Waals surface area contributed by atoms with Gasteiger partial charge in [0.25, 0.3) is 0 Å². The molecule has 2 aromatic carbocycles. The van der Waals surface area contributed by atoms with E-state index < -0.39 is 11.4 Å². The maximum absolute atomic E-state index is 12.9. The minimum Gasteiger partial charge on any atom is -0.446 e. The Morgan fingerprint density at radius 2 is 2.00 bits per heavy atom. The van der Waals surface area contributed by atoms with Crippen LogP contribution in [0, 0.1) is 6.92 Å². The number of aliphatic imine (C=N–C) groups is 1. The molecule has 0 bridgehead atoms. The fourth-order valence-corrected chi connectivity index (χ4v) is 3.78. The van der Waals surface area contributed by atoms with E-state index in [1.165, 1.54) is 6.07 Å². The van der Waals surface area contributed by atoms with Crippen LogP contribution in [0.15, 0.2) is 53.5 Å². The molecule has 8 heteroatoms. The van der Waals surface area contributed by atoms with Gasteiger partial charge in [0.15, 0.2) is 0 Å². The van der Waals surface area contributed by atoms with Gasteiger partial charge in [0.2, 0.25) is 5.91 Å². The Kier molecular flexibility index (Phi) is 12.1. The number of likely N-dealkylation sites (tertiary alicyclic amines) is 1. The van der Waals surface area contributed by atoms with E-state index in [1.54, 1.807) is 30.2 Å². The number of carbonyl (C=O) groups is 1. The Hall–Kier alpha value is -1.55. The molecule has 1 N–H and O–H groups in total. The average Bonchev–Trinajstić information content (AvgIpc) is 3.20. The van der Waals surface area contributed by atoms with E-state index in [0.29, 0.717) is 30.2 Å². The van der Waals surface area contributed by atoms with Gasteiger partial charge >= 0.3 is 18.9 Å². The van der Waals surface area contributed by atoms with E-state index in [2.05, 4.69) is 17.5 Å². The van der Waals surface area contributed by atoms with Gasteiger partial charge in [0.1, 0.15) is 0 Å². The summed E-state index contributed by atoms with van der Waals surface area (Å²) >= 11 is 7.01. The van der Waals surface area contributed by atoms with Crippen molar-refractivity contribution in [3.05, 3.63) is 71.6 Å². The zero-order valence-electron chi connectivity index (χ0n) is 17.0. The molecule has 3 rings (SSSR count). The summed E-state index contributed by atoms with van der Waals surface area (Å²) in [5.41, 5.74) is 4.27. The molecular formula is C22H22ClLiN2O3S-2. The van der Waals surface area contributed by atoms with Crippen molar-refractivity contribution in [3.63, 3.8) is 0 Å². The molecule has 1 unspecified atom stereocenters. The van der Waals surface area contributed by atoms with E-state index in [0.717, 1.165) is 17.3 Å². The summed E-state index contributed by atoms with van der Waals surface area (Å²) in [6.45, 7) is 5.86. The van der Waals surface area contributed by atoms with E-state index >= 15 is 0 Å². The van der Waals surface area contributed by atoms with Crippen molar-refractivity contribution in [1.29, 1.82) is 0 Å². The predicted octanol–water partition coefficient (Wildman–Crippen LogP) is 1.25. The fourth-order valence-electron chi connectivity index (χ4n) is 2.81. The van der Waals surface area contributed by atoms with Gasteiger partial charge in [0.05, 0.1) is 17.6 Å². The number of hydrogen-bond acceptors (Lipinski definition) is 5. The van der Waals surface area contributed by atoms with E-state index in [-0.39, 0.29) is 30.3 Å². The first-order valence-corrected chi connectivity index (χ1v) is 10.4. The molecule has 0 aliphatic carbocycles. The second-order valence-corrected chi connectivity index (χ2v) is 7.43. The molecular weight excluding hydrogens is 415 g/mol. The maximum atomic E-state index is 12.9. The predicted molar refractivity (Wildman–Crippen MR) is 118 cm³/mol. The summed E-state index contributed by atoms with van der Waals surface area (Å²) in [6, 6.07) is 14.1. The van der Waals surface area contributed by atoms with Crippen LogP contribution in [0.2, 0.25) is 5.02 Å². The molecule has 154 valence electrons. The number of carbonyl (C=O) groups excluding carboxylic acids is 2. The van der Waals surface area contributed by atoms with Gasteiger partial charge in [-0.3, -0.25) is 4.79 Å². The van der Waals surface area contributed by atoms with Crippen LogP contribution in [0.1, 0.15) is 29.7 Å². The zero-order chi connectivity index (χ0) is 21.2. The summed E-state index contributed by atoms with van der Waals surface area (Å²) in [5.74, 6) is -0.0938. The van der Waals surface area contributed by atoms with Crippen molar-refractivity contribution in [2.75, 3.05) is 13.1 Å². The van der Waals surface area contributed by atoms with Crippen molar-refractivity contribution < 1.29 is 33.6 Å². The number of aliphatic hydroxyl groups excluding tert-OH is 1. The largest absolute Gasteiger partial charge is 1.00 e. The number of nitrogens with zero attached hydrogens (tertiary/aromatic N) is 2. The van der Waals surface area contributed by atoms with Crippen LogP contribution >= 0.6 is 23.4 Å². The maximum Gasteiger partial charge on any atom is 1.00 e. The second-order valence-electron chi connectivity index (χ2n) is 6.10. The Morgan fingerprint density at radius 3 is 2.60 bits per heavy atom. The van der Waals surface area contributed by atoms with Gasteiger partial charge in [-0.05, 0) is 17.0 Å². The summed E-state index contributed by atoms with van der Waals surface area (Å²) in [5, 5.41) is 9.61. The van der Waals surface area contributed by atoms with Crippen molar-refractivity contribution in [1.82, 2.24) is 4.90 Å². The monoisotopic (exact) mass is 436 g/mol.